The number of aryl methyl sites for hydroxylation is 1. The maximum atomic E-state index is 11.9. The summed E-state index contributed by atoms with van der Waals surface area (Å²) in [6.07, 6.45) is 1.54. The fourth-order valence-electron chi connectivity index (χ4n) is 2.30. The Hall–Kier alpha value is -3.19. The van der Waals surface area contributed by atoms with Gasteiger partial charge in [0, 0.05) is 16.6 Å². The SMILES string of the molecule is COc1ccc(/C=N\OCC(=O)Nc2ccc(-c3csc(C)n3)cc2)cc1. The van der Waals surface area contributed by atoms with Crippen molar-refractivity contribution in [3.63, 3.8) is 0 Å². The van der Waals surface area contributed by atoms with Crippen LogP contribution in [0.2, 0.25) is 0 Å². The highest BCUT2D eigenvalue weighted by atomic mass is 32.1. The average Bonchev–Trinajstić information content (AvgIpc) is 3.13. The molecule has 0 unspecified atom stereocenters. The van der Waals surface area contributed by atoms with E-state index in [0.717, 1.165) is 27.6 Å². The number of hydrogen-bond donors (Lipinski definition) is 1. The van der Waals surface area contributed by atoms with Crippen LogP contribution in [0.15, 0.2) is 59.1 Å². The van der Waals surface area contributed by atoms with E-state index >= 15 is 0 Å². The van der Waals surface area contributed by atoms with Crippen LogP contribution in [0.3, 0.4) is 0 Å². The summed E-state index contributed by atoms with van der Waals surface area (Å²) >= 11 is 1.61. The number of benzene rings is 2. The van der Waals surface area contributed by atoms with Gasteiger partial charge in [0.15, 0.2) is 6.61 Å². The number of methoxy groups -OCH3 is 1. The monoisotopic (exact) mass is 381 g/mol. The number of thiazole rings is 1. The second-order valence-corrected chi connectivity index (χ2v) is 6.72. The summed E-state index contributed by atoms with van der Waals surface area (Å²) in [6.45, 7) is 1.81. The van der Waals surface area contributed by atoms with E-state index < -0.39 is 0 Å². The van der Waals surface area contributed by atoms with E-state index in [1.165, 1.54) is 6.21 Å². The first-order valence-corrected chi connectivity index (χ1v) is 9.14. The van der Waals surface area contributed by atoms with Crippen molar-refractivity contribution in [3.8, 4) is 17.0 Å². The number of nitrogens with zero attached hydrogens (tertiary/aromatic N) is 2. The van der Waals surface area contributed by atoms with E-state index in [9.17, 15) is 4.79 Å². The first-order valence-electron chi connectivity index (χ1n) is 8.26. The predicted molar refractivity (Wildman–Crippen MR) is 107 cm³/mol. The van der Waals surface area contributed by atoms with E-state index in [-0.39, 0.29) is 12.5 Å². The van der Waals surface area contributed by atoms with Gasteiger partial charge in [0.2, 0.25) is 0 Å². The molecule has 0 aliphatic carbocycles. The van der Waals surface area contributed by atoms with Gasteiger partial charge >= 0.3 is 0 Å². The van der Waals surface area contributed by atoms with E-state index in [1.807, 2.05) is 60.8 Å². The van der Waals surface area contributed by atoms with E-state index in [2.05, 4.69) is 15.5 Å². The number of hydrogen-bond acceptors (Lipinski definition) is 6. The van der Waals surface area contributed by atoms with Crippen LogP contribution in [0.4, 0.5) is 5.69 Å². The zero-order valence-corrected chi connectivity index (χ0v) is 15.8. The average molecular weight is 381 g/mol. The molecule has 0 bridgehead atoms. The van der Waals surface area contributed by atoms with Crippen molar-refractivity contribution in [2.24, 2.45) is 5.16 Å². The molecule has 1 amide bonds. The zero-order valence-electron chi connectivity index (χ0n) is 15.0. The van der Waals surface area contributed by atoms with Gasteiger partial charge in [-0.05, 0) is 48.9 Å². The zero-order chi connectivity index (χ0) is 19.1. The van der Waals surface area contributed by atoms with Crippen molar-refractivity contribution in [3.05, 3.63) is 64.5 Å². The number of nitrogens with one attached hydrogen (secondary N) is 1. The van der Waals surface area contributed by atoms with Crippen LogP contribution < -0.4 is 10.1 Å². The molecule has 3 rings (SSSR count). The Morgan fingerprint density at radius 3 is 2.56 bits per heavy atom. The number of amides is 1. The minimum Gasteiger partial charge on any atom is -0.497 e. The van der Waals surface area contributed by atoms with Crippen LogP contribution in [-0.4, -0.2) is 30.8 Å². The quantitative estimate of drug-likeness (QED) is 0.494. The molecule has 0 saturated heterocycles. The Morgan fingerprint density at radius 2 is 1.93 bits per heavy atom. The number of anilines is 1. The molecule has 138 valence electrons. The fraction of sp³-hybridized carbons (Fsp3) is 0.150. The van der Waals surface area contributed by atoms with E-state index in [1.54, 1.807) is 18.4 Å². The minimum atomic E-state index is -0.279. The Bertz CT molecular complexity index is 918. The third-order valence-electron chi connectivity index (χ3n) is 3.67. The van der Waals surface area contributed by atoms with Crippen molar-refractivity contribution in [2.75, 3.05) is 19.0 Å². The van der Waals surface area contributed by atoms with Gasteiger partial charge < -0.3 is 14.9 Å². The highest BCUT2D eigenvalue weighted by Gasteiger charge is 2.05. The van der Waals surface area contributed by atoms with Crippen molar-refractivity contribution >= 4 is 29.1 Å². The molecule has 0 fully saturated rings. The molecule has 0 radical (unpaired) electrons. The maximum absolute atomic E-state index is 11.9. The van der Waals surface area contributed by atoms with Crippen LogP contribution >= 0.6 is 11.3 Å². The molecule has 0 aliphatic rings. The first-order chi connectivity index (χ1) is 13.1. The number of carbonyl (C=O) groups is 1. The standard InChI is InChI=1S/C20H19N3O3S/c1-14-22-19(13-27-14)16-5-7-17(8-6-16)23-20(24)12-26-21-11-15-3-9-18(25-2)10-4-15/h3-11,13H,12H2,1-2H3,(H,23,24)/b21-11-. The third kappa shape index (κ3) is 5.39. The second-order valence-electron chi connectivity index (χ2n) is 5.66. The van der Waals surface area contributed by atoms with Gasteiger partial charge in [-0.1, -0.05) is 17.3 Å². The highest BCUT2D eigenvalue weighted by Crippen LogP contribution is 2.23. The van der Waals surface area contributed by atoms with Crippen LogP contribution in [0, 0.1) is 6.92 Å². The van der Waals surface area contributed by atoms with Crippen molar-refractivity contribution in [1.82, 2.24) is 4.98 Å². The number of rotatable bonds is 7. The molecule has 1 heterocycles. The molecule has 6 nitrogen and oxygen atoms in total. The van der Waals surface area contributed by atoms with Crippen LogP contribution in [-0.2, 0) is 9.63 Å². The number of aromatic nitrogens is 1. The molecular formula is C20H19N3O3S. The van der Waals surface area contributed by atoms with Gasteiger partial charge in [0.25, 0.3) is 5.91 Å². The molecule has 7 heteroatoms. The normalized spacial score (nSPS) is 10.7. The summed E-state index contributed by atoms with van der Waals surface area (Å²) in [4.78, 5) is 21.4. The number of carbonyl (C=O) groups excluding carboxylic acids is 1. The van der Waals surface area contributed by atoms with Crippen LogP contribution in [0.1, 0.15) is 10.6 Å². The highest BCUT2D eigenvalue weighted by molar-refractivity contribution is 7.09. The van der Waals surface area contributed by atoms with Crippen LogP contribution in [0.25, 0.3) is 11.3 Å². The van der Waals surface area contributed by atoms with E-state index in [0.29, 0.717) is 5.69 Å². The summed E-state index contributed by atoms with van der Waals surface area (Å²) in [7, 11) is 1.61. The molecule has 27 heavy (non-hydrogen) atoms. The topological polar surface area (TPSA) is 72.8 Å². The summed E-state index contributed by atoms with van der Waals surface area (Å²) in [5.74, 6) is 0.488. The van der Waals surface area contributed by atoms with E-state index in [4.69, 9.17) is 9.57 Å². The molecule has 3 aromatic rings. The van der Waals surface area contributed by atoms with Crippen molar-refractivity contribution in [1.29, 1.82) is 0 Å². The fourth-order valence-corrected chi connectivity index (χ4v) is 2.92. The molecule has 1 N–H and O–H groups in total. The van der Waals surface area contributed by atoms with Gasteiger partial charge in [0.1, 0.15) is 5.75 Å². The van der Waals surface area contributed by atoms with Gasteiger partial charge in [0.05, 0.1) is 24.0 Å². The summed E-state index contributed by atoms with van der Waals surface area (Å²) in [5, 5.41) is 9.60. The summed E-state index contributed by atoms with van der Waals surface area (Å²) < 4.78 is 5.08. The molecule has 0 saturated carbocycles. The molecule has 0 atom stereocenters. The predicted octanol–water partition coefficient (Wildman–Crippen LogP) is 4.12. The smallest absolute Gasteiger partial charge is 0.265 e. The first kappa shape index (κ1) is 18.6. The largest absolute Gasteiger partial charge is 0.497 e. The van der Waals surface area contributed by atoms with Gasteiger partial charge in [-0.3, -0.25) is 4.79 Å². The van der Waals surface area contributed by atoms with Gasteiger partial charge in [-0.2, -0.15) is 0 Å². The summed E-state index contributed by atoms with van der Waals surface area (Å²) in [6, 6.07) is 14.9. The molecule has 1 aromatic heterocycles. The lowest BCUT2D eigenvalue weighted by Crippen LogP contribution is -2.16. The van der Waals surface area contributed by atoms with Crippen LogP contribution in [0.5, 0.6) is 5.75 Å². The lowest BCUT2D eigenvalue weighted by Gasteiger charge is -2.05. The second kappa shape index (κ2) is 8.95. The lowest BCUT2D eigenvalue weighted by molar-refractivity contribution is -0.120. The van der Waals surface area contributed by atoms with Crippen molar-refractivity contribution < 1.29 is 14.4 Å². The lowest BCUT2D eigenvalue weighted by atomic mass is 10.1. The summed E-state index contributed by atoms with van der Waals surface area (Å²) in [5.41, 5.74) is 3.49. The molecular weight excluding hydrogens is 362 g/mol. The van der Waals surface area contributed by atoms with Gasteiger partial charge in [-0.15, -0.1) is 11.3 Å². The molecule has 0 spiro atoms. The Kier molecular flexibility index (Phi) is 6.17. The van der Waals surface area contributed by atoms with Crippen molar-refractivity contribution in [2.45, 2.75) is 6.92 Å². The molecule has 0 aliphatic heterocycles. The number of oxime groups is 1. The third-order valence-corrected chi connectivity index (χ3v) is 4.44. The number of ether oxygens (including phenoxy) is 1. The molecule has 2 aromatic carbocycles. The van der Waals surface area contributed by atoms with Gasteiger partial charge in [-0.25, -0.2) is 4.98 Å². The maximum Gasteiger partial charge on any atom is 0.265 e. The Labute approximate surface area is 161 Å². The minimum absolute atomic E-state index is 0.167. The Morgan fingerprint density at radius 1 is 1.19 bits per heavy atom. The Balaban J connectivity index is 1.46.